The molecule has 0 radical (unpaired) electrons. The highest BCUT2D eigenvalue weighted by Gasteiger charge is 2.07. The molecule has 1 unspecified atom stereocenters. The molecule has 1 rings (SSSR count). The molecule has 0 aliphatic carbocycles. The summed E-state index contributed by atoms with van der Waals surface area (Å²) in [7, 11) is 1.63. The Balaban J connectivity index is 2.90. The number of hydrogen-bond donors (Lipinski definition) is 0. The third-order valence-corrected chi connectivity index (χ3v) is 2.81. The van der Waals surface area contributed by atoms with Gasteiger partial charge in [0.15, 0.2) is 0 Å². The lowest BCUT2D eigenvalue weighted by Crippen LogP contribution is -1.95. The first-order valence-corrected chi connectivity index (χ1v) is 5.25. The standard InChI is InChI=1S/C11H13BrO2/c1-8(5-6-13)9-3-4-11(14-2)10(12)7-9/h3-4,6-8H,5H2,1-2H3. The second kappa shape index (κ2) is 5.15. The van der Waals surface area contributed by atoms with Gasteiger partial charge in [0.25, 0.3) is 0 Å². The smallest absolute Gasteiger partial charge is 0.133 e. The van der Waals surface area contributed by atoms with Crippen LogP contribution in [-0.2, 0) is 4.79 Å². The maximum absolute atomic E-state index is 10.4. The van der Waals surface area contributed by atoms with Crippen LogP contribution < -0.4 is 4.74 Å². The van der Waals surface area contributed by atoms with Crippen LogP contribution in [0.5, 0.6) is 5.75 Å². The second-order valence-corrected chi connectivity index (χ2v) is 4.05. The zero-order chi connectivity index (χ0) is 10.6. The summed E-state index contributed by atoms with van der Waals surface area (Å²) in [5.41, 5.74) is 1.14. The molecular formula is C11H13BrO2. The van der Waals surface area contributed by atoms with Gasteiger partial charge in [0.1, 0.15) is 12.0 Å². The van der Waals surface area contributed by atoms with Gasteiger partial charge in [-0.15, -0.1) is 0 Å². The molecule has 0 N–H and O–H groups in total. The van der Waals surface area contributed by atoms with Crippen LogP contribution >= 0.6 is 15.9 Å². The van der Waals surface area contributed by atoms with Gasteiger partial charge in [-0.05, 0) is 39.5 Å². The number of aldehydes is 1. The summed E-state index contributed by atoms with van der Waals surface area (Å²) >= 11 is 3.41. The second-order valence-electron chi connectivity index (χ2n) is 3.20. The number of carbonyl (C=O) groups is 1. The Bertz CT molecular complexity index is 323. The van der Waals surface area contributed by atoms with E-state index in [1.54, 1.807) is 7.11 Å². The number of hydrogen-bond acceptors (Lipinski definition) is 2. The fourth-order valence-corrected chi connectivity index (χ4v) is 1.83. The molecule has 2 nitrogen and oxygen atoms in total. The first kappa shape index (κ1) is 11.2. The minimum Gasteiger partial charge on any atom is -0.496 e. The van der Waals surface area contributed by atoms with Crippen LogP contribution in [0.25, 0.3) is 0 Å². The van der Waals surface area contributed by atoms with Gasteiger partial charge in [0.2, 0.25) is 0 Å². The van der Waals surface area contributed by atoms with Crippen molar-refractivity contribution >= 4 is 22.2 Å². The fraction of sp³-hybridized carbons (Fsp3) is 0.364. The summed E-state index contributed by atoms with van der Waals surface area (Å²) < 4.78 is 6.05. The molecule has 0 aliphatic heterocycles. The molecule has 1 atom stereocenters. The SMILES string of the molecule is COc1ccc(C(C)CC=O)cc1Br. The van der Waals surface area contributed by atoms with Gasteiger partial charge in [-0.25, -0.2) is 0 Å². The molecule has 0 aliphatic rings. The van der Waals surface area contributed by atoms with E-state index in [1.165, 1.54) is 0 Å². The Morgan fingerprint density at radius 1 is 1.57 bits per heavy atom. The fourth-order valence-electron chi connectivity index (χ4n) is 1.27. The average Bonchev–Trinajstić information content (AvgIpc) is 2.18. The van der Waals surface area contributed by atoms with E-state index in [1.807, 2.05) is 25.1 Å². The first-order valence-electron chi connectivity index (χ1n) is 4.46. The van der Waals surface area contributed by atoms with Crippen molar-refractivity contribution in [2.75, 3.05) is 7.11 Å². The Kier molecular flexibility index (Phi) is 4.14. The highest BCUT2D eigenvalue weighted by molar-refractivity contribution is 9.10. The normalized spacial score (nSPS) is 12.2. The van der Waals surface area contributed by atoms with Crippen LogP contribution in [0.3, 0.4) is 0 Å². The summed E-state index contributed by atoms with van der Waals surface area (Å²) in [6, 6.07) is 5.88. The summed E-state index contributed by atoms with van der Waals surface area (Å²) in [6.07, 6.45) is 1.50. The number of benzene rings is 1. The van der Waals surface area contributed by atoms with E-state index in [0.717, 1.165) is 22.1 Å². The van der Waals surface area contributed by atoms with Crippen molar-refractivity contribution in [3.63, 3.8) is 0 Å². The highest BCUT2D eigenvalue weighted by atomic mass is 79.9. The van der Waals surface area contributed by atoms with E-state index in [-0.39, 0.29) is 5.92 Å². The molecule has 0 saturated carbocycles. The van der Waals surface area contributed by atoms with E-state index < -0.39 is 0 Å². The summed E-state index contributed by atoms with van der Waals surface area (Å²) in [4.78, 5) is 10.4. The summed E-state index contributed by atoms with van der Waals surface area (Å²) in [5, 5.41) is 0. The molecule has 1 aromatic rings. The minimum absolute atomic E-state index is 0.259. The van der Waals surface area contributed by atoms with Crippen LogP contribution in [0.2, 0.25) is 0 Å². The predicted molar refractivity (Wildman–Crippen MR) is 59.8 cm³/mol. The van der Waals surface area contributed by atoms with Crippen molar-refractivity contribution < 1.29 is 9.53 Å². The molecule has 76 valence electrons. The van der Waals surface area contributed by atoms with Gasteiger partial charge in [-0.1, -0.05) is 13.0 Å². The van der Waals surface area contributed by atoms with Crippen molar-refractivity contribution in [3.05, 3.63) is 28.2 Å². The van der Waals surface area contributed by atoms with Gasteiger partial charge in [0.05, 0.1) is 11.6 Å². The summed E-state index contributed by atoms with van der Waals surface area (Å²) in [6.45, 7) is 2.03. The number of carbonyl (C=O) groups excluding carboxylic acids is 1. The van der Waals surface area contributed by atoms with Crippen molar-refractivity contribution in [1.29, 1.82) is 0 Å². The first-order chi connectivity index (χ1) is 6.69. The topological polar surface area (TPSA) is 26.3 Å². The largest absolute Gasteiger partial charge is 0.496 e. The zero-order valence-electron chi connectivity index (χ0n) is 8.29. The molecule has 0 fully saturated rings. The lowest BCUT2D eigenvalue weighted by molar-refractivity contribution is -0.108. The molecule has 1 aromatic carbocycles. The van der Waals surface area contributed by atoms with Crippen molar-refractivity contribution in [2.24, 2.45) is 0 Å². The van der Waals surface area contributed by atoms with Crippen LogP contribution in [0.4, 0.5) is 0 Å². The molecule has 0 saturated heterocycles. The van der Waals surface area contributed by atoms with Gasteiger partial charge < -0.3 is 9.53 Å². The van der Waals surface area contributed by atoms with Crippen molar-refractivity contribution in [1.82, 2.24) is 0 Å². The molecule has 14 heavy (non-hydrogen) atoms. The van der Waals surface area contributed by atoms with Crippen LogP contribution in [0.1, 0.15) is 24.8 Å². The maximum atomic E-state index is 10.4. The lowest BCUT2D eigenvalue weighted by Gasteiger charge is -2.10. The molecule has 0 heterocycles. The van der Waals surface area contributed by atoms with E-state index in [0.29, 0.717) is 6.42 Å². The third-order valence-electron chi connectivity index (χ3n) is 2.19. The maximum Gasteiger partial charge on any atom is 0.133 e. The molecule has 0 aromatic heterocycles. The molecule has 0 spiro atoms. The van der Waals surface area contributed by atoms with Gasteiger partial charge >= 0.3 is 0 Å². The molecular weight excluding hydrogens is 244 g/mol. The average molecular weight is 257 g/mol. The van der Waals surface area contributed by atoms with Gasteiger partial charge in [-0.2, -0.15) is 0 Å². The number of rotatable bonds is 4. The number of methoxy groups -OCH3 is 1. The molecule has 3 heteroatoms. The molecule has 0 bridgehead atoms. The van der Waals surface area contributed by atoms with E-state index >= 15 is 0 Å². The van der Waals surface area contributed by atoms with E-state index in [9.17, 15) is 4.79 Å². The van der Waals surface area contributed by atoms with Crippen LogP contribution in [-0.4, -0.2) is 13.4 Å². The summed E-state index contributed by atoms with van der Waals surface area (Å²) in [5.74, 6) is 1.07. The Morgan fingerprint density at radius 2 is 2.29 bits per heavy atom. The van der Waals surface area contributed by atoms with Crippen LogP contribution in [0, 0.1) is 0 Å². The Hall–Kier alpha value is -0.830. The van der Waals surface area contributed by atoms with Gasteiger partial charge in [-0.3, -0.25) is 0 Å². The Labute approximate surface area is 92.4 Å². The van der Waals surface area contributed by atoms with Crippen molar-refractivity contribution in [2.45, 2.75) is 19.3 Å². The highest BCUT2D eigenvalue weighted by Crippen LogP contribution is 2.29. The lowest BCUT2D eigenvalue weighted by atomic mass is 9.99. The quantitative estimate of drug-likeness (QED) is 0.774. The number of halogens is 1. The number of ether oxygens (including phenoxy) is 1. The zero-order valence-corrected chi connectivity index (χ0v) is 9.87. The minimum atomic E-state index is 0.259. The van der Waals surface area contributed by atoms with E-state index in [2.05, 4.69) is 15.9 Å². The predicted octanol–water partition coefficient (Wildman–Crippen LogP) is 3.15. The van der Waals surface area contributed by atoms with Gasteiger partial charge in [0, 0.05) is 6.42 Å². The van der Waals surface area contributed by atoms with Crippen molar-refractivity contribution in [3.8, 4) is 5.75 Å². The Morgan fingerprint density at radius 3 is 2.79 bits per heavy atom. The molecule has 0 amide bonds. The third kappa shape index (κ3) is 2.58. The monoisotopic (exact) mass is 256 g/mol. The van der Waals surface area contributed by atoms with Crippen LogP contribution in [0.15, 0.2) is 22.7 Å². The van der Waals surface area contributed by atoms with E-state index in [4.69, 9.17) is 4.74 Å².